The molecule has 3 unspecified atom stereocenters. The van der Waals surface area contributed by atoms with Gasteiger partial charge in [0.05, 0.1) is 11.0 Å². The van der Waals surface area contributed by atoms with E-state index in [9.17, 15) is 9.59 Å². The maximum Gasteiger partial charge on any atom is 0.413 e. The average Bonchev–Trinajstić information content (AvgIpc) is 3.13. The van der Waals surface area contributed by atoms with E-state index in [1.807, 2.05) is 24.3 Å². The number of benzene rings is 1. The standard InChI is InChI=1S/C22H22N4O3/c27-20(14-8-9-18-22(11-15(14)22)26-21(28)29-18)23-13-5-3-4-12(10-13)19-24-16-6-1-2-7-17(16)25-19/h1-2,6-9,12-13,15H,3-5,10-11H2,(H,23,27)(H,24,25)(H,26,28)/t12-,13?,15?,22?/m0/s1. The number of nitrogens with one attached hydrogen (secondary N) is 3. The van der Waals surface area contributed by atoms with E-state index in [-0.39, 0.29) is 17.9 Å². The molecule has 1 aromatic heterocycles. The number of allylic oxidation sites excluding steroid dienone is 2. The van der Waals surface area contributed by atoms with Gasteiger partial charge >= 0.3 is 6.09 Å². The predicted molar refractivity (Wildman–Crippen MR) is 106 cm³/mol. The lowest BCUT2D eigenvalue weighted by molar-refractivity contribution is -0.118. The Balaban J connectivity index is 1.15. The number of H-pyrrole nitrogens is 1. The zero-order valence-electron chi connectivity index (χ0n) is 15.9. The number of aromatic nitrogens is 2. The molecule has 2 heterocycles. The van der Waals surface area contributed by atoms with Crippen LogP contribution >= 0.6 is 0 Å². The first-order valence-electron chi connectivity index (χ1n) is 10.3. The number of carbonyl (C=O) groups excluding carboxylic acids is 2. The van der Waals surface area contributed by atoms with E-state index in [0.717, 1.165) is 54.5 Å². The fourth-order valence-corrected chi connectivity index (χ4v) is 5.21. The van der Waals surface area contributed by atoms with Crippen LogP contribution in [-0.2, 0) is 9.53 Å². The van der Waals surface area contributed by atoms with Crippen molar-refractivity contribution in [1.29, 1.82) is 0 Å². The highest BCUT2D eigenvalue weighted by Gasteiger charge is 2.66. The molecule has 3 aliphatic carbocycles. The van der Waals surface area contributed by atoms with Crippen LogP contribution in [0.4, 0.5) is 4.79 Å². The van der Waals surface area contributed by atoms with Crippen LogP contribution in [0.2, 0.25) is 0 Å². The van der Waals surface area contributed by atoms with Gasteiger partial charge in [-0.05, 0) is 50.0 Å². The second-order valence-corrected chi connectivity index (χ2v) is 8.57. The molecule has 6 rings (SSSR count). The Kier molecular flexibility index (Phi) is 3.45. The van der Waals surface area contributed by atoms with Gasteiger partial charge in [-0.2, -0.15) is 0 Å². The summed E-state index contributed by atoms with van der Waals surface area (Å²) in [6.07, 6.45) is 7.88. The summed E-state index contributed by atoms with van der Waals surface area (Å²) in [5.41, 5.74) is 2.32. The van der Waals surface area contributed by atoms with Gasteiger partial charge in [0.15, 0.2) is 0 Å². The monoisotopic (exact) mass is 390 g/mol. The van der Waals surface area contributed by atoms with Crippen molar-refractivity contribution in [2.45, 2.75) is 49.6 Å². The van der Waals surface area contributed by atoms with Gasteiger partial charge in [0.1, 0.15) is 17.1 Å². The highest BCUT2D eigenvalue weighted by molar-refractivity contribution is 5.97. The molecular formula is C22H22N4O3. The number of carbonyl (C=O) groups is 2. The molecule has 1 aromatic carbocycles. The molecule has 29 heavy (non-hydrogen) atoms. The number of imidazole rings is 1. The summed E-state index contributed by atoms with van der Waals surface area (Å²) in [5.74, 6) is 1.97. The Bertz CT molecular complexity index is 1070. The largest absolute Gasteiger partial charge is 0.413 e. The maximum absolute atomic E-state index is 13.0. The Morgan fingerprint density at radius 3 is 3.03 bits per heavy atom. The molecule has 4 atom stereocenters. The van der Waals surface area contributed by atoms with E-state index >= 15 is 0 Å². The summed E-state index contributed by atoms with van der Waals surface area (Å²) in [5, 5.41) is 6.11. The van der Waals surface area contributed by atoms with Crippen LogP contribution in [0.5, 0.6) is 0 Å². The Morgan fingerprint density at radius 2 is 2.14 bits per heavy atom. The molecule has 3 N–H and O–H groups in total. The number of para-hydroxylation sites is 2. The summed E-state index contributed by atoms with van der Waals surface area (Å²) in [6.45, 7) is 0. The van der Waals surface area contributed by atoms with Gasteiger partial charge in [0, 0.05) is 23.5 Å². The van der Waals surface area contributed by atoms with Gasteiger partial charge in [0.2, 0.25) is 5.91 Å². The SMILES string of the molecule is O=C1NC23CC2C(C(=O)NC2CCC[C@H](c4nc5ccccc5[nH]4)C2)=CC=C3O1. The first kappa shape index (κ1) is 16.8. The molecule has 2 aromatic rings. The highest BCUT2D eigenvalue weighted by Crippen LogP contribution is 2.57. The van der Waals surface area contributed by atoms with Gasteiger partial charge in [-0.3, -0.25) is 4.79 Å². The summed E-state index contributed by atoms with van der Waals surface area (Å²) < 4.78 is 5.20. The van der Waals surface area contributed by atoms with Crippen LogP contribution in [0.1, 0.15) is 43.8 Å². The van der Waals surface area contributed by atoms with Crippen LogP contribution in [-0.4, -0.2) is 33.5 Å². The first-order chi connectivity index (χ1) is 14.1. The molecule has 4 aliphatic rings. The summed E-state index contributed by atoms with van der Waals surface area (Å²) in [4.78, 5) is 32.7. The minimum absolute atomic E-state index is 0.0173. The number of hydrogen-bond acceptors (Lipinski definition) is 4. The summed E-state index contributed by atoms with van der Waals surface area (Å²) >= 11 is 0. The summed E-state index contributed by atoms with van der Waals surface area (Å²) in [7, 11) is 0. The Morgan fingerprint density at radius 1 is 1.24 bits per heavy atom. The third-order valence-corrected chi connectivity index (χ3v) is 6.78. The van der Waals surface area contributed by atoms with Crippen LogP contribution in [0.25, 0.3) is 11.0 Å². The minimum Gasteiger partial charge on any atom is -0.412 e. The third kappa shape index (κ3) is 2.60. The Labute approximate surface area is 167 Å². The second kappa shape index (κ2) is 5.95. The molecule has 0 radical (unpaired) electrons. The van der Waals surface area contributed by atoms with E-state index in [1.54, 1.807) is 12.2 Å². The van der Waals surface area contributed by atoms with Crippen LogP contribution < -0.4 is 10.6 Å². The van der Waals surface area contributed by atoms with Crippen LogP contribution in [0, 0.1) is 5.92 Å². The van der Waals surface area contributed by atoms with E-state index in [0.29, 0.717) is 11.7 Å². The van der Waals surface area contributed by atoms with Crippen LogP contribution in [0.3, 0.4) is 0 Å². The van der Waals surface area contributed by atoms with E-state index in [1.165, 1.54) is 0 Å². The van der Waals surface area contributed by atoms with E-state index in [2.05, 4.69) is 15.6 Å². The van der Waals surface area contributed by atoms with Gasteiger partial charge in [0.25, 0.3) is 0 Å². The predicted octanol–water partition coefficient (Wildman–Crippen LogP) is 3.03. The third-order valence-electron chi connectivity index (χ3n) is 6.78. The number of rotatable bonds is 3. The molecule has 0 bridgehead atoms. The number of alkyl carbamates (subject to hydrolysis) is 1. The molecule has 3 fully saturated rings. The van der Waals surface area contributed by atoms with Crippen molar-refractivity contribution in [3.63, 3.8) is 0 Å². The van der Waals surface area contributed by atoms with Crippen molar-refractivity contribution in [1.82, 2.24) is 20.6 Å². The molecule has 2 amide bonds. The van der Waals surface area contributed by atoms with Crippen LogP contribution in [0.15, 0.2) is 47.7 Å². The van der Waals surface area contributed by atoms with Gasteiger partial charge in [-0.15, -0.1) is 0 Å². The zero-order chi connectivity index (χ0) is 19.6. The number of ether oxygens (including phenoxy) is 1. The lowest BCUT2D eigenvalue weighted by Crippen LogP contribution is -2.41. The van der Waals surface area contributed by atoms with Crippen molar-refractivity contribution >= 4 is 23.0 Å². The number of nitrogens with zero attached hydrogens (tertiary/aromatic N) is 1. The quantitative estimate of drug-likeness (QED) is 0.751. The topological polar surface area (TPSA) is 96.1 Å². The normalized spacial score (nSPS) is 32.4. The van der Waals surface area contributed by atoms with Gasteiger partial charge in [-0.25, -0.2) is 9.78 Å². The van der Waals surface area contributed by atoms with Crippen molar-refractivity contribution in [3.8, 4) is 0 Å². The molecule has 7 nitrogen and oxygen atoms in total. The fourth-order valence-electron chi connectivity index (χ4n) is 5.21. The number of hydrogen-bond donors (Lipinski definition) is 3. The maximum atomic E-state index is 13.0. The molecule has 148 valence electrons. The Hall–Kier alpha value is -3.09. The molecule has 1 spiro atoms. The average molecular weight is 390 g/mol. The molecule has 1 aliphatic heterocycles. The lowest BCUT2D eigenvalue weighted by atomic mass is 9.85. The minimum atomic E-state index is -0.470. The second-order valence-electron chi connectivity index (χ2n) is 8.57. The van der Waals surface area contributed by atoms with Crippen molar-refractivity contribution < 1.29 is 14.3 Å². The fraction of sp³-hybridized carbons (Fsp3) is 0.409. The molecular weight excluding hydrogens is 368 g/mol. The number of amides is 2. The van der Waals surface area contributed by atoms with Crippen molar-refractivity contribution in [3.05, 3.63) is 53.6 Å². The highest BCUT2D eigenvalue weighted by atomic mass is 16.6. The van der Waals surface area contributed by atoms with Gasteiger partial charge in [-0.1, -0.05) is 18.6 Å². The number of fused-ring (bicyclic) bond motifs is 1. The van der Waals surface area contributed by atoms with Crippen molar-refractivity contribution in [2.24, 2.45) is 5.92 Å². The molecule has 2 saturated carbocycles. The zero-order valence-corrected chi connectivity index (χ0v) is 15.9. The molecule has 1 saturated heterocycles. The summed E-state index contributed by atoms with van der Waals surface area (Å²) in [6, 6.07) is 8.20. The van der Waals surface area contributed by atoms with E-state index < -0.39 is 11.6 Å². The van der Waals surface area contributed by atoms with Gasteiger partial charge < -0.3 is 20.4 Å². The molecule has 7 heteroatoms. The van der Waals surface area contributed by atoms with Crippen molar-refractivity contribution in [2.75, 3.05) is 0 Å². The lowest BCUT2D eigenvalue weighted by Gasteiger charge is -2.29. The van der Waals surface area contributed by atoms with E-state index in [4.69, 9.17) is 9.72 Å². The number of aromatic amines is 1. The smallest absolute Gasteiger partial charge is 0.412 e. The first-order valence-corrected chi connectivity index (χ1v) is 10.3.